The predicted octanol–water partition coefficient (Wildman–Crippen LogP) is 2.69. The summed E-state index contributed by atoms with van der Waals surface area (Å²) in [7, 11) is 0. The number of carbonyl (C=O) groups is 6. The lowest BCUT2D eigenvalue weighted by atomic mass is 9.43. The lowest BCUT2D eigenvalue weighted by Gasteiger charge is -2.62. The van der Waals surface area contributed by atoms with Gasteiger partial charge in [-0.15, -0.1) is 0 Å². The molecule has 15 nitrogen and oxygen atoms in total. The number of aliphatic hydroxyl groups excluding tert-OH is 1. The quantitative estimate of drug-likeness (QED) is 0.101. The van der Waals surface area contributed by atoms with Crippen molar-refractivity contribution < 1.29 is 59.4 Å². The molecule has 11 atom stereocenters. The Labute approximate surface area is 305 Å². The fourth-order valence-corrected chi connectivity index (χ4v) is 11.3. The third-order valence-electron chi connectivity index (χ3n) is 13.8. The highest BCUT2D eigenvalue weighted by Gasteiger charge is 2.63. The first-order valence-electron chi connectivity index (χ1n) is 18.9. The fraction of sp³-hybridized carbons (Fsp3) is 0.838. The van der Waals surface area contributed by atoms with Crippen LogP contribution in [0.5, 0.6) is 0 Å². The number of nitrogens with one attached hydrogen (secondary N) is 1. The van der Waals surface area contributed by atoms with E-state index in [0.29, 0.717) is 36.0 Å². The molecule has 0 aliphatic heterocycles. The molecule has 4 rings (SSSR count). The minimum Gasteiger partial charge on any atom is -0.481 e. The molecule has 0 aromatic carbocycles. The summed E-state index contributed by atoms with van der Waals surface area (Å²) in [6.45, 7) is 4.40. The van der Waals surface area contributed by atoms with Crippen molar-refractivity contribution in [1.82, 2.24) is 15.1 Å². The van der Waals surface area contributed by atoms with Crippen LogP contribution in [0.15, 0.2) is 0 Å². The van der Waals surface area contributed by atoms with E-state index >= 15 is 0 Å². The first-order chi connectivity index (χ1) is 24.4. The summed E-state index contributed by atoms with van der Waals surface area (Å²) in [6, 6.07) is -1.45. The molecule has 1 amide bonds. The predicted molar refractivity (Wildman–Crippen MR) is 186 cm³/mol. The molecule has 0 aromatic heterocycles. The summed E-state index contributed by atoms with van der Waals surface area (Å²) in [5.41, 5.74) is -0.210. The lowest BCUT2D eigenvalue weighted by molar-refractivity contribution is -0.170. The summed E-state index contributed by atoms with van der Waals surface area (Å²) in [5.74, 6) is -4.19. The number of aliphatic hydroxyl groups is 1. The van der Waals surface area contributed by atoms with Crippen LogP contribution in [0, 0.1) is 46.3 Å². The van der Waals surface area contributed by atoms with Gasteiger partial charge in [0.1, 0.15) is 6.04 Å². The molecule has 1 unspecified atom stereocenters. The Morgan fingerprint density at radius 2 is 1.40 bits per heavy atom. The number of rotatable bonds is 19. The molecule has 0 heterocycles. The summed E-state index contributed by atoms with van der Waals surface area (Å²) in [6.07, 6.45) is 7.29. The summed E-state index contributed by atoms with van der Waals surface area (Å²) < 4.78 is 0. The molecule has 4 fully saturated rings. The average molecular weight is 738 g/mol. The zero-order valence-electron chi connectivity index (χ0n) is 30.7. The highest BCUT2D eigenvalue weighted by atomic mass is 16.4. The number of nitrogens with zero attached hydrogens (tertiary/aromatic N) is 2. The van der Waals surface area contributed by atoms with Crippen molar-refractivity contribution >= 4 is 35.8 Å². The maximum atomic E-state index is 13.2. The van der Waals surface area contributed by atoms with Crippen molar-refractivity contribution in [3.05, 3.63) is 0 Å². The summed E-state index contributed by atoms with van der Waals surface area (Å²) >= 11 is 0. The van der Waals surface area contributed by atoms with Gasteiger partial charge in [0.25, 0.3) is 0 Å². The van der Waals surface area contributed by atoms with Crippen molar-refractivity contribution in [3.8, 4) is 0 Å². The Morgan fingerprint density at radius 3 is 2.00 bits per heavy atom. The van der Waals surface area contributed by atoms with Crippen molar-refractivity contribution in [1.29, 1.82) is 0 Å². The SMILES string of the molecule is C[C@H](CCC(=O)O)[C@H]1CC[C@H]2[C@@H]3CC[C@@H]4C[C@@H](NC(=O)CCC(C(=O)O)N(CCN(CC(=O)O)CC(=O)O)CC(=O)O)CC[C@]4(C)[C@H]3C[C@H](O)[C@]12C. The third-order valence-corrected chi connectivity index (χ3v) is 13.8. The van der Waals surface area contributed by atoms with E-state index in [2.05, 4.69) is 26.1 Å². The Hall–Kier alpha value is -3.30. The van der Waals surface area contributed by atoms with Crippen LogP contribution in [0.2, 0.25) is 0 Å². The molecular formula is C37H59N3O12. The van der Waals surface area contributed by atoms with Gasteiger partial charge in [0.2, 0.25) is 5.91 Å². The number of fused-ring (bicyclic) bond motifs is 5. The van der Waals surface area contributed by atoms with E-state index in [0.717, 1.165) is 61.2 Å². The second-order valence-corrected chi connectivity index (χ2v) is 16.7. The summed E-state index contributed by atoms with van der Waals surface area (Å²) in [5, 5.41) is 61.8. The van der Waals surface area contributed by atoms with E-state index in [1.807, 2.05) is 0 Å². The van der Waals surface area contributed by atoms with Crippen LogP contribution < -0.4 is 5.32 Å². The van der Waals surface area contributed by atoms with E-state index in [-0.39, 0.29) is 61.0 Å². The number of carboxylic acids is 5. The van der Waals surface area contributed by atoms with Crippen LogP contribution >= 0.6 is 0 Å². The minimum absolute atomic E-state index is 0.0142. The Balaban J connectivity index is 1.34. The van der Waals surface area contributed by atoms with E-state index in [1.165, 1.54) is 0 Å². The molecule has 294 valence electrons. The van der Waals surface area contributed by atoms with Gasteiger partial charge in [-0.3, -0.25) is 38.6 Å². The standard InChI is InChI=1S/C37H59N3O12/c1-21(4-11-31(43)44)25-7-8-26-24-6-5-22-16-23(12-13-36(22,2)27(24)17-29(41)37(25,26)3)38-30(42)10-9-28(35(51)52)40(20-34(49)50)15-14-39(18-32(45)46)19-33(47)48/h21-29,41H,4-20H2,1-3H3,(H,38,42)(H,43,44)(H,45,46)(H,47,48)(H,49,50)(H,51,52)/t21-,22-,23+,24+,25-,26+,27+,28?,29+,36+,37-/m1/s1. The second kappa shape index (κ2) is 17.2. The third kappa shape index (κ3) is 9.43. The molecule has 4 saturated carbocycles. The van der Waals surface area contributed by atoms with Crippen LogP contribution in [-0.4, -0.2) is 127 Å². The van der Waals surface area contributed by atoms with Crippen molar-refractivity contribution in [3.63, 3.8) is 0 Å². The van der Waals surface area contributed by atoms with Gasteiger partial charge < -0.3 is 36.0 Å². The monoisotopic (exact) mass is 737 g/mol. The number of hydrogen-bond donors (Lipinski definition) is 7. The molecule has 0 saturated heterocycles. The van der Waals surface area contributed by atoms with Crippen LogP contribution in [0.1, 0.15) is 97.8 Å². The Bertz CT molecular complexity index is 1330. The van der Waals surface area contributed by atoms with Gasteiger partial charge in [0, 0.05) is 32.0 Å². The highest BCUT2D eigenvalue weighted by Crippen LogP contribution is 2.68. The van der Waals surface area contributed by atoms with Gasteiger partial charge in [-0.05, 0) is 111 Å². The minimum atomic E-state index is -1.36. The van der Waals surface area contributed by atoms with Gasteiger partial charge in [-0.2, -0.15) is 0 Å². The van der Waals surface area contributed by atoms with Gasteiger partial charge >= 0.3 is 29.8 Å². The molecule has 0 bridgehead atoms. The van der Waals surface area contributed by atoms with Crippen LogP contribution in [-0.2, 0) is 28.8 Å². The molecular weight excluding hydrogens is 678 g/mol. The normalized spacial score (nSPS) is 33.7. The fourth-order valence-electron chi connectivity index (χ4n) is 11.3. The lowest BCUT2D eigenvalue weighted by Crippen LogP contribution is -2.59. The van der Waals surface area contributed by atoms with Crippen LogP contribution in [0.3, 0.4) is 0 Å². The van der Waals surface area contributed by atoms with Crippen molar-refractivity contribution in [2.75, 3.05) is 32.7 Å². The first kappa shape index (κ1) is 41.5. The largest absolute Gasteiger partial charge is 0.481 e. The number of aliphatic carboxylic acids is 5. The zero-order valence-corrected chi connectivity index (χ0v) is 30.7. The molecule has 0 radical (unpaired) electrons. The molecule has 7 N–H and O–H groups in total. The number of carbonyl (C=O) groups excluding carboxylic acids is 1. The average Bonchev–Trinajstić information content (AvgIpc) is 3.40. The molecule has 0 spiro atoms. The molecule has 4 aliphatic carbocycles. The molecule has 52 heavy (non-hydrogen) atoms. The van der Waals surface area contributed by atoms with E-state index < -0.39 is 61.6 Å². The zero-order chi connectivity index (χ0) is 38.5. The van der Waals surface area contributed by atoms with E-state index in [9.17, 15) is 49.2 Å². The topological polar surface area (TPSA) is 242 Å². The maximum absolute atomic E-state index is 13.2. The Morgan fingerprint density at radius 1 is 0.750 bits per heavy atom. The van der Waals surface area contributed by atoms with Crippen LogP contribution in [0.4, 0.5) is 0 Å². The summed E-state index contributed by atoms with van der Waals surface area (Å²) in [4.78, 5) is 72.8. The number of amides is 1. The van der Waals surface area contributed by atoms with Crippen molar-refractivity contribution in [2.24, 2.45) is 46.3 Å². The molecule has 4 aliphatic rings. The van der Waals surface area contributed by atoms with E-state index in [1.54, 1.807) is 0 Å². The molecule has 0 aromatic rings. The maximum Gasteiger partial charge on any atom is 0.320 e. The van der Waals surface area contributed by atoms with E-state index in [4.69, 9.17) is 10.2 Å². The Kier molecular flexibility index (Phi) is 13.7. The second-order valence-electron chi connectivity index (χ2n) is 16.7. The smallest absolute Gasteiger partial charge is 0.320 e. The number of hydrogen-bond acceptors (Lipinski definition) is 9. The van der Waals surface area contributed by atoms with Gasteiger partial charge in [0.05, 0.1) is 25.7 Å². The number of carboxylic acid groups (broad SMARTS) is 5. The van der Waals surface area contributed by atoms with Crippen LogP contribution in [0.25, 0.3) is 0 Å². The first-order valence-corrected chi connectivity index (χ1v) is 18.9. The molecule has 15 heteroatoms. The van der Waals surface area contributed by atoms with Gasteiger partial charge in [-0.25, -0.2) is 0 Å². The van der Waals surface area contributed by atoms with Gasteiger partial charge in [0.15, 0.2) is 0 Å². The van der Waals surface area contributed by atoms with Gasteiger partial charge in [-0.1, -0.05) is 20.8 Å². The van der Waals surface area contributed by atoms with Crippen molar-refractivity contribution in [2.45, 2.75) is 116 Å². The highest BCUT2D eigenvalue weighted by molar-refractivity contribution is 5.79.